The van der Waals surface area contributed by atoms with Crippen LogP contribution in [0.3, 0.4) is 0 Å². The molecule has 0 aliphatic heterocycles. The number of benzene rings is 1. The van der Waals surface area contributed by atoms with Crippen molar-refractivity contribution in [2.75, 3.05) is 13.1 Å². The second kappa shape index (κ2) is 7.72. The van der Waals surface area contributed by atoms with Gasteiger partial charge in [0.2, 0.25) is 10.0 Å². The Kier molecular flexibility index (Phi) is 6.22. The van der Waals surface area contributed by atoms with E-state index in [4.69, 9.17) is 0 Å². The summed E-state index contributed by atoms with van der Waals surface area (Å²) >= 11 is 3.34. The van der Waals surface area contributed by atoms with Crippen LogP contribution in [-0.2, 0) is 16.6 Å². The molecule has 0 radical (unpaired) electrons. The van der Waals surface area contributed by atoms with E-state index in [1.165, 1.54) is 19.3 Å². The van der Waals surface area contributed by atoms with Crippen LogP contribution >= 0.6 is 15.9 Å². The van der Waals surface area contributed by atoms with Crippen LogP contribution in [0.2, 0.25) is 0 Å². The van der Waals surface area contributed by atoms with Gasteiger partial charge < -0.3 is 5.32 Å². The Morgan fingerprint density at radius 1 is 1.33 bits per heavy atom. The summed E-state index contributed by atoms with van der Waals surface area (Å²) in [6.45, 7) is 4.08. The molecule has 2 rings (SSSR count). The molecule has 0 unspecified atom stereocenters. The third-order valence-corrected chi connectivity index (χ3v) is 6.39. The minimum absolute atomic E-state index is 0.325. The minimum Gasteiger partial charge on any atom is -0.313 e. The zero-order chi connectivity index (χ0) is 15.3. The van der Waals surface area contributed by atoms with Gasteiger partial charge in [0, 0.05) is 17.6 Å². The van der Waals surface area contributed by atoms with Gasteiger partial charge in [-0.3, -0.25) is 0 Å². The van der Waals surface area contributed by atoms with Gasteiger partial charge >= 0.3 is 0 Å². The molecule has 1 saturated carbocycles. The lowest BCUT2D eigenvalue weighted by Gasteiger charge is -2.25. The van der Waals surface area contributed by atoms with E-state index in [9.17, 15) is 8.42 Å². The van der Waals surface area contributed by atoms with Crippen molar-refractivity contribution in [2.45, 2.75) is 44.0 Å². The molecule has 1 fully saturated rings. The average Bonchev–Trinajstić information content (AvgIpc) is 2.40. The average molecular weight is 375 g/mol. The van der Waals surface area contributed by atoms with E-state index in [-0.39, 0.29) is 0 Å². The Bertz CT molecular complexity index is 571. The predicted molar refractivity (Wildman–Crippen MR) is 88.7 cm³/mol. The van der Waals surface area contributed by atoms with Crippen molar-refractivity contribution in [1.82, 2.24) is 10.0 Å². The smallest absolute Gasteiger partial charge is 0.241 e. The minimum atomic E-state index is -3.44. The second-order valence-corrected chi connectivity index (χ2v) is 8.12. The molecule has 2 N–H and O–H groups in total. The summed E-state index contributed by atoms with van der Waals surface area (Å²) in [4.78, 5) is 0.325. The molecule has 1 aliphatic rings. The lowest BCUT2D eigenvalue weighted by atomic mass is 9.83. The molecule has 118 valence electrons. The van der Waals surface area contributed by atoms with E-state index in [2.05, 4.69) is 26.0 Å². The quantitative estimate of drug-likeness (QED) is 0.734. The van der Waals surface area contributed by atoms with Crippen molar-refractivity contribution < 1.29 is 8.42 Å². The van der Waals surface area contributed by atoms with Crippen LogP contribution in [0.25, 0.3) is 0 Å². The van der Waals surface area contributed by atoms with E-state index in [0.29, 0.717) is 28.4 Å². The van der Waals surface area contributed by atoms with Gasteiger partial charge in [-0.2, -0.15) is 0 Å². The molecule has 0 atom stereocenters. The fourth-order valence-corrected chi connectivity index (χ4v) is 4.45. The van der Waals surface area contributed by atoms with Crippen LogP contribution < -0.4 is 10.0 Å². The number of halogens is 1. The van der Waals surface area contributed by atoms with Crippen molar-refractivity contribution >= 4 is 26.0 Å². The van der Waals surface area contributed by atoms with Crippen molar-refractivity contribution in [3.05, 3.63) is 28.2 Å². The lowest BCUT2D eigenvalue weighted by Crippen LogP contribution is -2.28. The number of hydrogen-bond acceptors (Lipinski definition) is 3. The highest BCUT2D eigenvalue weighted by Crippen LogP contribution is 2.29. The Hall–Kier alpha value is -0.430. The molecule has 4 nitrogen and oxygen atoms in total. The van der Waals surface area contributed by atoms with Gasteiger partial charge in [0.1, 0.15) is 0 Å². The number of nitrogens with one attached hydrogen (secondary N) is 2. The summed E-state index contributed by atoms with van der Waals surface area (Å²) in [5.41, 5.74) is 0.972. The third-order valence-electron chi connectivity index (χ3n) is 3.93. The molecule has 0 spiro atoms. The summed E-state index contributed by atoms with van der Waals surface area (Å²) in [7, 11) is -3.44. The first-order chi connectivity index (χ1) is 10.0. The largest absolute Gasteiger partial charge is 0.313 e. The van der Waals surface area contributed by atoms with Crippen LogP contribution in [-0.4, -0.2) is 21.5 Å². The number of sulfonamides is 1. The number of hydrogen-bond donors (Lipinski definition) is 2. The molecule has 6 heteroatoms. The predicted octanol–water partition coefficient (Wildman–Crippen LogP) is 3.03. The highest BCUT2D eigenvalue weighted by atomic mass is 79.9. The fourth-order valence-electron chi connectivity index (χ4n) is 2.39. The molecule has 21 heavy (non-hydrogen) atoms. The summed E-state index contributed by atoms with van der Waals surface area (Å²) < 4.78 is 28.1. The lowest BCUT2D eigenvalue weighted by molar-refractivity contribution is 0.297. The highest BCUT2D eigenvalue weighted by molar-refractivity contribution is 9.10. The highest BCUT2D eigenvalue weighted by Gasteiger charge is 2.21. The van der Waals surface area contributed by atoms with Gasteiger partial charge in [-0.1, -0.05) is 32.3 Å². The molecule has 0 heterocycles. The first kappa shape index (κ1) is 16.9. The van der Waals surface area contributed by atoms with E-state index in [1.54, 1.807) is 12.1 Å². The molecule has 0 amide bonds. The van der Waals surface area contributed by atoms with E-state index >= 15 is 0 Å². The Balaban J connectivity index is 2.02. The fraction of sp³-hybridized carbons (Fsp3) is 0.600. The van der Waals surface area contributed by atoms with Gasteiger partial charge in [0.15, 0.2) is 0 Å². The molecular formula is C15H23BrN2O2S. The Morgan fingerprint density at radius 2 is 2.10 bits per heavy atom. The standard InChI is InChI=1S/C15H23BrN2O2S/c1-2-17-11-13-6-7-14(16)15(10-13)21(19,20)18-9-8-12-4-3-5-12/h6-7,10,12,17-18H,2-5,8-9,11H2,1H3. The van der Waals surface area contributed by atoms with Crippen molar-refractivity contribution in [2.24, 2.45) is 5.92 Å². The molecule has 1 aromatic rings. The number of rotatable bonds is 8. The topological polar surface area (TPSA) is 58.2 Å². The van der Waals surface area contributed by atoms with Gasteiger partial charge in [-0.25, -0.2) is 13.1 Å². The monoisotopic (exact) mass is 374 g/mol. The van der Waals surface area contributed by atoms with Crippen LogP contribution in [0, 0.1) is 5.92 Å². The maximum absolute atomic E-state index is 12.4. The second-order valence-electron chi connectivity index (χ2n) is 5.53. The molecule has 1 aromatic carbocycles. The molecule has 0 aromatic heterocycles. The Morgan fingerprint density at radius 3 is 2.71 bits per heavy atom. The normalized spacial score (nSPS) is 15.9. The zero-order valence-electron chi connectivity index (χ0n) is 12.4. The van der Waals surface area contributed by atoms with Crippen molar-refractivity contribution in [1.29, 1.82) is 0 Å². The van der Waals surface area contributed by atoms with Crippen LogP contribution in [0.15, 0.2) is 27.6 Å². The molecule has 0 bridgehead atoms. The Labute approximate surface area is 135 Å². The van der Waals surface area contributed by atoms with Crippen LogP contribution in [0.4, 0.5) is 0 Å². The SMILES string of the molecule is CCNCc1ccc(Br)c(S(=O)(=O)NCCC2CCC2)c1. The van der Waals surface area contributed by atoms with E-state index in [0.717, 1.165) is 18.5 Å². The molecule has 1 aliphatic carbocycles. The summed E-state index contributed by atoms with van der Waals surface area (Å²) in [5.74, 6) is 0.705. The van der Waals surface area contributed by atoms with Crippen molar-refractivity contribution in [3.8, 4) is 0 Å². The molecule has 0 saturated heterocycles. The summed E-state index contributed by atoms with van der Waals surface area (Å²) in [6, 6.07) is 5.46. The van der Waals surface area contributed by atoms with Gasteiger partial charge in [-0.05, 0) is 52.5 Å². The van der Waals surface area contributed by atoms with Gasteiger partial charge in [0.25, 0.3) is 0 Å². The van der Waals surface area contributed by atoms with E-state index < -0.39 is 10.0 Å². The first-order valence-electron chi connectivity index (χ1n) is 7.51. The maximum atomic E-state index is 12.4. The first-order valence-corrected chi connectivity index (χ1v) is 9.79. The van der Waals surface area contributed by atoms with E-state index in [1.807, 2.05) is 13.0 Å². The molecular weight excluding hydrogens is 352 g/mol. The van der Waals surface area contributed by atoms with Crippen LogP contribution in [0.1, 0.15) is 38.2 Å². The van der Waals surface area contributed by atoms with Gasteiger partial charge in [0.05, 0.1) is 4.90 Å². The van der Waals surface area contributed by atoms with Crippen LogP contribution in [0.5, 0.6) is 0 Å². The zero-order valence-corrected chi connectivity index (χ0v) is 14.8. The van der Waals surface area contributed by atoms with Gasteiger partial charge in [-0.15, -0.1) is 0 Å². The third kappa shape index (κ3) is 4.77. The van der Waals surface area contributed by atoms with Crippen molar-refractivity contribution in [3.63, 3.8) is 0 Å². The summed E-state index contributed by atoms with van der Waals surface area (Å²) in [6.07, 6.45) is 4.70. The maximum Gasteiger partial charge on any atom is 0.241 e. The summed E-state index contributed by atoms with van der Waals surface area (Å²) in [5, 5.41) is 3.21.